The standard InChI is InChI=1S/C10H12Br/c1-10(2,3)8-5-4-6-9(11)7-8/h4-6H,1-3H3. The minimum Gasteiger partial charge on any atom is -0.0608 e. The first-order chi connectivity index (χ1) is 5.00. The Kier molecular flexibility index (Phi) is 2.38. The minimum absolute atomic E-state index is 0.198. The van der Waals surface area contributed by atoms with Gasteiger partial charge in [-0.2, -0.15) is 0 Å². The van der Waals surface area contributed by atoms with Gasteiger partial charge < -0.3 is 0 Å². The first-order valence-electron chi connectivity index (χ1n) is 3.68. The van der Waals surface area contributed by atoms with Crippen molar-refractivity contribution in [3.05, 3.63) is 34.3 Å². The van der Waals surface area contributed by atoms with Crippen LogP contribution in [-0.4, -0.2) is 0 Å². The van der Waals surface area contributed by atoms with E-state index in [4.69, 9.17) is 0 Å². The molecule has 59 valence electrons. The van der Waals surface area contributed by atoms with Crippen LogP contribution in [0.3, 0.4) is 0 Å². The molecule has 11 heavy (non-hydrogen) atoms. The van der Waals surface area contributed by atoms with Crippen molar-refractivity contribution in [2.24, 2.45) is 0 Å². The Hall–Kier alpha value is -0.300. The zero-order valence-corrected chi connectivity index (χ0v) is 8.70. The van der Waals surface area contributed by atoms with E-state index >= 15 is 0 Å². The minimum atomic E-state index is 0.198. The second-order valence-corrected chi connectivity index (χ2v) is 4.52. The zero-order chi connectivity index (χ0) is 8.48. The summed E-state index contributed by atoms with van der Waals surface area (Å²) in [6.45, 7) is 6.56. The molecule has 0 unspecified atom stereocenters. The average molecular weight is 212 g/mol. The smallest absolute Gasteiger partial charge is 0.0257 e. The van der Waals surface area contributed by atoms with Gasteiger partial charge in [0.25, 0.3) is 0 Å². The molecule has 1 aromatic rings. The predicted molar refractivity (Wildman–Crippen MR) is 51.7 cm³/mol. The van der Waals surface area contributed by atoms with Crippen molar-refractivity contribution in [2.45, 2.75) is 26.2 Å². The second kappa shape index (κ2) is 2.98. The van der Waals surface area contributed by atoms with Gasteiger partial charge in [0.2, 0.25) is 0 Å². The Morgan fingerprint density at radius 2 is 1.91 bits per heavy atom. The van der Waals surface area contributed by atoms with Crippen LogP contribution in [0.25, 0.3) is 0 Å². The third-order valence-corrected chi connectivity index (χ3v) is 2.03. The highest BCUT2D eigenvalue weighted by atomic mass is 79.9. The first-order valence-corrected chi connectivity index (χ1v) is 4.48. The summed E-state index contributed by atoms with van der Waals surface area (Å²) in [4.78, 5) is 0. The molecule has 0 aliphatic carbocycles. The van der Waals surface area contributed by atoms with Crippen LogP contribution in [0, 0.1) is 6.07 Å². The first kappa shape index (κ1) is 8.79. The van der Waals surface area contributed by atoms with Gasteiger partial charge in [0.15, 0.2) is 0 Å². The van der Waals surface area contributed by atoms with Gasteiger partial charge in [0.05, 0.1) is 0 Å². The number of benzene rings is 1. The zero-order valence-electron chi connectivity index (χ0n) is 7.11. The molecule has 0 amide bonds. The van der Waals surface area contributed by atoms with Crippen molar-refractivity contribution in [1.29, 1.82) is 0 Å². The van der Waals surface area contributed by atoms with E-state index in [1.165, 1.54) is 5.56 Å². The van der Waals surface area contributed by atoms with E-state index in [9.17, 15) is 0 Å². The van der Waals surface area contributed by atoms with Gasteiger partial charge in [-0.05, 0) is 17.0 Å². The average Bonchev–Trinajstić information content (AvgIpc) is 1.86. The second-order valence-electron chi connectivity index (χ2n) is 3.66. The summed E-state index contributed by atoms with van der Waals surface area (Å²) in [6, 6.07) is 9.40. The lowest BCUT2D eigenvalue weighted by atomic mass is 9.87. The molecule has 1 rings (SSSR count). The third kappa shape index (κ3) is 2.33. The van der Waals surface area contributed by atoms with Crippen LogP contribution in [0.2, 0.25) is 0 Å². The fraction of sp³-hybridized carbons (Fsp3) is 0.400. The van der Waals surface area contributed by atoms with Crippen LogP contribution < -0.4 is 0 Å². The molecule has 1 heteroatoms. The molecule has 1 radical (unpaired) electrons. The van der Waals surface area contributed by atoms with Gasteiger partial charge in [-0.25, -0.2) is 0 Å². The van der Waals surface area contributed by atoms with E-state index in [0.29, 0.717) is 0 Å². The largest absolute Gasteiger partial charge is 0.0608 e. The molecular formula is C10H12Br. The van der Waals surface area contributed by atoms with Crippen molar-refractivity contribution in [3.8, 4) is 0 Å². The van der Waals surface area contributed by atoms with Gasteiger partial charge in [-0.1, -0.05) is 48.8 Å². The fourth-order valence-corrected chi connectivity index (χ4v) is 1.24. The topological polar surface area (TPSA) is 0 Å². The Morgan fingerprint density at radius 3 is 2.27 bits per heavy atom. The molecule has 0 heterocycles. The molecule has 0 spiro atoms. The van der Waals surface area contributed by atoms with Gasteiger partial charge in [-0.15, -0.1) is 0 Å². The molecule has 0 nitrogen and oxygen atoms in total. The van der Waals surface area contributed by atoms with Gasteiger partial charge in [0, 0.05) is 10.5 Å². The quantitative estimate of drug-likeness (QED) is 0.616. The third-order valence-electron chi connectivity index (χ3n) is 1.57. The molecule has 0 aliphatic heterocycles. The highest BCUT2D eigenvalue weighted by Crippen LogP contribution is 2.23. The highest BCUT2D eigenvalue weighted by Gasteiger charge is 2.13. The van der Waals surface area contributed by atoms with E-state index in [2.05, 4.69) is 48.8 Å². The Balaban J connectivity index is 3.06. The van der Waals surface area contributed by atoms with E-state index in [0.717, 1.165) is 4.47 Å². The number of hydrogen-bond acceptors (Lipinski definition) is 0. The van der Waals surface area contributed by atoms with Gasteiger partial charge in [0.1, 0.15) is 0 Å². The maximum Gasteiger partial charge on any atom is 0.0257 e. The molecule has 0 fully saturated rings. The molecule has 0 saturated heterocycles. The van der Waals surface area contributed by atoms with Crippen LogP contribution in [0.4, 0.5) is 0 Å². The summed E-state index contributed by atoms with van der Waals surface area (Å²) in [7, 11) is 0. The molecule has 0 aliphatic rings. The molecule has 0 aromatic heterocycles. The number of halogens is 1. The van der Waals surface area contributed by atoms with Crippen LogP contribution in [0.5, 0.6) is 0 Å². The summed E-state index contributed by atoms with van der Waals surface area (Å²) >= 11 is 3.40. The lowest BCUT2D eigenvalue weighted by Gasteiger charge is -2.18. The molecule has 0 saturated carbocycles. The summed E-state index contributed by atoms with van der Waals surface area (Å²) in [6.07, 6.45) is 0. The normalized spacial score (nSPS) is 11.6. The van der Waals surface area contributed by atoms with Crippen molar-refractivity contribution >= 4 is 15.9 Å². The van der Waals surface area contributed by atoms with Crippen molar-refractivity contribution in [1.82, 2.24) is 0 Å². The van der Waals surface area contributed by atoms with E-state index in [1.807, 2.05) is 12.1 Å². The number of hydrogen-bond donors (Lipinski definition) is 0. The van der Waals surface area contributed by atoms with E-state index in [-0.39, 0.29) is 5.41 Å². The Morgan fingerprint density at radius 1 is 1.27 bits per heavy atom. The summed E-state index contributed by atoms with van der Waals surface area (Å²) < 4.78 is 1.03. The maximum absolute atomic E-state index is 3.40. The van der Waals surface area contributed by atoms with Crippen LogP contribution in [0.15, 0.2) is 22.7 Å². The lowest BCUT2D eigenvalue weighted by Crippen LogP contribution is -2.10. The molecule has 0 bridgehead atoms. The highest BCUT2D eigenvalue weighted by molar-refractivity contribution is 9.10. The monoisotopic (exact) mass is 211 g/mol. The SMILES string of the molecule is CC(C)(C)c1[c]c(Br)ccc1. The molecule has 1 aromatic carbocycles. The van der Waals surface area contributed by atoms with Crippen molar-refractivity contribution < 1.29 is 0 Å². The van der Waals surface area contributed by atoms with Gasteiger partial charge in [-0.3, -0.25) is 0 Å². The van der Waals surface area contributed by atoms with Crippen molar-refractivity contribution in [2.75, 3.05) is 0 Å². The van der Waals surface area contributed by atoms with Crippen LogP contribution in [0.1, 0.15) is 26.3 Å². The van der Waals surface area contributed by atoms with E-state index < -0.39 is 0 Å². The molecular weight excluding hydrogens is 200 g/mol. The van der Waals surface area contributed by atoms with Crippen molar-refractivity contribution in [3.63, 3.8) is 0 Å². The van der Waals surface area contributed by atoms with E-state index in [1.54, 1.807) is 0 Å². The summed E-state index contributed by atoms with van der Waals surface area (Å²) in [5, 5.41) is 0. The number of rotatable bonds is 0. The Bertz CT molecular complexity index is 245. The fourth-order valence-electron chi connectivity index (χ4n) is 0.878. The van der Waals surface area contributed by atoms with Gasteiger partial charge >= 0.3 is 0 Å². The molecule has 0 N–H and O–H groups in total. The molecule has 0 atom stereocenters. The Labute approximate surface area is 76.8 Å². The predicted octanol–water partition coefficient (Wildman–Crippen LogP) is 3.55. The van der Waals surface area contributed by atoms with Crippen LogP contribution in [-0.2, 0) is 5.41 Å². The summed E-state index contributed by atoms with van der Waals surface area (Å²) in [5.41, 5.74) is 1.44. The maximum atomic E-state index is 3.40. The van der Waals surface area contributed by atoms with Crippen LogP contribution >= 0.6 is 15.9 Å². The lowest BCUT2D eigenvalue weighted by molar-refractivity contribution is 0.589. The summed E-state index contributed by atoms with van der Waals surface area (Å²) in [5.74, 6) is 0.